The number of nitriles is 1. The summed E-state index contributed by atoms with van der Waals surface area (Å²) in [5.74, 6) is 1.15. The highest BCUT2D eigenvalue weighted by atomic mass is 32.2. The molecule has 0 aliphatic heterocycles. The molecule has 0 unspecified atom stereocenters. The number of nitrogens with one attached hydrogen (secondary N) is 1. The Balaban J connectivity index is 2.10. The predicted octanol–water partition coefficient (Wildman–Crippen LogP) is 3.29. The van der Waals surface area contributed by atoms with Crippen LogP contribution in [0.1, 0.15) is 27.7 Å². The van der Waals surface area contributed by atoms with E-state index in [2.05, 4.69) is 21.6 Å². The molecule has 0 saturated heterocycles. The van der Waals surface area contributed by atoms with Gasteiger partial charge in [-0.15, -0.1) is 10.2 Å². The van der Waals surface area contributed by atoms with Gasteiger partial charge in [0.1, 0.15) is 5.54 Å². The fourth-order valence-electron chi connectivity index (χ4n) is 2.21. The van der Waals surface area contributed by atoms with Crippen molar-refractivity contribution in [2.75, 3.05) is 14.2 Å². The van der Waals surface area contributed by atoms with Crippen molar-refractivity contribution < 1.29 is 18.7 Å². The molecule has 9 heteroatoms. The van der Waals surface area contributed by atoms with Gasteiger partial charge in [-0.3, -0.25) is 4.79 Å². The fraction of sp³-hybridized carbons (Fsp3) is 0.474. The largest absolute Gasteiger partial charge is 0.493 e. The summed E-state index contributed by atoms with van der Waals surface area (Å²) in [6.07, 6.45) is 0. The lowest BCUT2D eigenvalue weighted by molar-refractivity contribution is -0.121. The van der Waals surface area contributed by atoms with E-state index in [4.69, 9.17) is 13.9 Å². The number of amides is 1. The minimum atomic E-state index is -0.939. The Bertz CT molecular complexity index is 877. The molecule has 2 rings (SSSR count). The van der Waals surface area contributed by atoms with Crippen LogP contribution in [0.2, 0.25) is 0 Å². The van der Waals surface area contributed by atoms with Gasteiger partial charge in [0, 0.05) is 5.56 Å². The number of thioether (sulfide) groups is 1. The van der Waals surface area contributed by atoms with Crippen molar-refractivity contribution in [1.82, 2.24) is 15.5 Å². The van der Waals surface area contributed by atoms with Gasteiger partial charge in [-0.1, -0.05) is 25.6 Å². The van der Waals surface area contributed by atoms with Crippen molar-refractivity contribution in [2.45, 2.75) is 43.7 Å². The first-order valence-corrected chi connectivity index (χ1v) is 9.57. The molecule has 1 heterocycles. The monoisotopic (exact) mass is 404 g/mol. The van der Waals surface area contributed by atoms with E-state index in [0.717, 1.165) is 11.8 Å². The minimum Gasteiger partial charge on any atom is -0.493 e. The number of hydrogen-bond acceptors (Lipinski definition) is 8. The number of carbonyl (C=O) groups excluding carboxylic acids is 1. The Morgan fingerprint density at radius 1 is 1.25 bits per heavy atom. The van der Waals surface area contributed by atoms with Gasteiger partial charge in [0.25, 0.3) is 5.22 Å². The number of aromatic nitrogens is 2. The number of rotatable bonds is 8. The van der Waals surface area contributed by atoms with Gasteiger partial charge < -0.3 is 19.2 Å². The van der Waals surface area contributed by atoms with Crippen LogP contribution >= 0.6 is 11.8 Å². The van der Waals surface area contributed by atoms with Crippen molar-refractivity contribution in [3.05, 3.63) is 18.2 Å². The Hall–Kier alpha value is -2.73. The molecular formula is C19H24N4O4S. The number of methoxy groups -OCH3 is 2. The maximum atomic E-state index is 12.5. The molecule has 0 aliphatic carbocycles. The predicted molar refractivity (Wildman–Crippen MR) is 105 cm³/mol. The maximum Gasteiger partial charge on any atom is 0.277 e. The maximum absolute atomic E-state index is 12.5. The van der Waals surface area contributed by atoms with Gasteiger partial charge in [-0.2, -0.15) is 5.26 Å². The van der Waals surface area contributed by atoms with Gasteiger partial charge in [0.05, 0.1) is 25.5 Å². The highest BCUT2D eigenvalue weighted by molar-refractivity contribution is 8.00. The molecule has 150 valence electrons. The van der Waals surface area contributed by atoms with Gasteiger partial charge >= 0.3 is 0 Å². The number of benzene rings is 1. The summed E-state index contributed by atoms with van der Waals surface area (Å²) in [5, 5.41) is 19.9. The van der Waals surface area contributed by atoms with Crippen LogP contribution in [0.15, 0.2) is 27.8 Å². The molecule has 0 saturated carbocycles. The normalized spacial score (nSPS) is 14.1. The minimum absolute atomic E-state index is 0.0290. The van der Waals surface area contributed by atoms with E-state index in [1.165, 1.54) is 0 Å². The Labute approximate surface area is 168 Å². The fourth-order valence-corrected chi connectivity index (χ4v) is 2.89. The van der Waals surface area contributed by atoms with Crippen molar-refractivity contribution in [3.8, 4) is 29.0 Å². The molecular weight excluding hydrogens is 380 g/mol. The van der Waals surface area contributed by atoms with E-state index in [1.807, 2.05) is 13.8 Å². The number of nitrogens with zero attached hydrogens (tertiary/aromatic N) is 3. The molecule has 0 spiro atoms. The van der Waals surface area contributed by atoms with Crippen LogP contribution in [-0.2, 0) is 4.79 Å². The third-order valence-electron chi connectivity index (χ3n) is 4.45. The second-order valence-corrected chi connectivity index (χ2v) is 7.95. The van der Waals surface area contributed by atoms with Crippen LogP contribution in [0, 0.1) is 17.2 Å². The number of hydrogen-bond donors (Lipinski definition) is 1. The second kappa shape index (κ2) is 8.97. The summed E-state index contributed by atoms with van der Waals surface area (Å²) < 4.78 is 16.2. The Morgan fingerprint density at radius 3 is 2.50 bits per heavy atom. The number of ether oxygens (including phenoxy) is 2. The van der Waals surface area contributed by atoms with Crippen LogP contribution in [-0.4, -0.2) is 41.1 Å². The summed E-state index contributed by atoms with van der Waals surface area (Å²) in [5.41, 5.74) is -0.267. The molecule has 0 radical (unpaired) electrons. The zero-order chi connectivity index (χ0) is 20.9. The van der Waals surface area contributed by atoms with Crippen molar-refractivity contribution in [3.63, 3.8) is 0 Å². The molecule has 1 aromatic carbocycles. The third kappa shape index (κ3) is 4.75. The van der Waals surface area contributed by atoms with E-state index >= 15 is 0 Å². The standard InChI is InChI=1S/C19H24N4O4S/c1-11(2)19(4,10-20)21-16(24)12(3)28-18-23-22-17(27-18)13-7-8-14(25-5)15(9-13)26-6/h7-9,11-12H,1-6H3,(H,21,24)/t12-,19+/m0/s1. The van der Waals surface area contributed by atoms with Crippen LogP contribution in [0.5, 0.6) is 11.5 Å². The van der Waals surface area contributed by atoms with Gasteiger partial charge in [-0.05, 0) is 38.0 Å². The summed E-state index contributed by atoms with van der Waals surface area (Å²) in [7, 11) is 3.10. The van der Waals surface area contributed by atoms with Crippen LogP contribution in [0.3, 0.4) is 0 Å². The molecule has 2 atom stereocenters. The SMILES string of the molecule is COc1ccc(-c2nnc(S[C@@H](C)C(=O)N[C@](C)(C#N)C(C)C)o2)cc1OC. The van der Waals surface area contributed by atoms with E-state index in [0.29, 0.717) is 23.0 Å². The second-order valence-electron chi connectivity index (χ2n) is 6.66. The molecule has 2 aromatic rings. The van der Waals surface area contributed by atoms with Crippen molar-refractivity contribution in [1.29, 1.82) is 5.26 Å². The van der Waals surface area contributed by atoms with Crippen molar-refractivity contribution in [2.24, 2.45) is 5.92 Å². The molecule has 28 heavy (non-hydrogen) atoms. The summed E-state index contributed by atoms with van der Waals surface area (Å²) >= 11 is 1.13. The summed E-state index contributed by atoms with van der Waals surface area (Å²) in [4.78, 5) is 12.5. The van der Waals surface area contributed by atoms with Crippen molar-refractivity contribution >= 4 is 17.7 Å². The van der Waals surface area contributed by atoms with E-state index < -0.39 is 10.8 Å². The highest BCUT2D eigenvalue weighted by Crippen LogP contribution is 2.33. The quantitative estimate of drug-likeness (QED) is 0.667. The van der Waals surface area contributed by atoms with E-state index in [-0.39, 0.29) is 17.0 Å². The van der Waals surface area contributed by atoms with Gasteiger partial charge in [0.15, 0.2) is 11.5 Å². The first-order valence-electron chi connectivity index (χ1n) is 8.70. The smallest absolute Gasteiger partial charge is 0.277 e. The third-order valence-corrected chi connectivity index (χ3v) is 5.39. The van der Waals surface area contributed by atoms with Gasteiger partial charge in [-0.25, -0.2) is 0 Å². The number of carbonyl (C=O) groups is 1. The Morgan fingerprint density at radius 2 is 1.93 bits per heavy atom. The lowest BCUT2D eigenvalue weighted by Crippen LogP contribution is -2.51. The van der Waals surface area contributed by atoms with Crippen LogP contribution in [0.25, 0.3) is 11.5 Å². The molecule has 1 aromatic heterocycles. The average molecular weight is 404 g/mol. The van der Waals surface area contributed by atoms with Crippen LogP contribution in [0.4, 0.5) is 0 Å². The molecule has 0 aliphatic rings. The molecule has 0 fully saturated rings. The topological polar surface area (TPSA) is 110 Å². The molecule has 8 nitrogen and oxygen atoms in total. The molecule has 0 bridgehead atoms. The Kier molecular flexibility index (Phi) is 6.91. The lowest BCUT2D eigenvalue weighted by atomic mass is 9.90. The zero-order valence-corrected chi connectivity index (χ0v) is 17.6. The molecule has 1 N–H and O–H groups in total. The first-order chi connectivity index (χ1) is 13.2. The van der Waals surface area contributed by atoms with E-state index in [9.17, 15) is 10.1 Å². The first kappa shape index (κ1) is 21.6. The lowest BCUT2D eigenvalue weighted by Gasteiger charge is -2.28. The molecule has 1 amide bonds. The zero-order valence-electron chi connectivity index (χ0n) is 16.8. The summed E-state index contributed by atoms with van der Waals surface area (Å²) in [6, 6.07) is 7.42. The van der Waals surface area contributed by atoms with Crippen LogP contribution < -0.4 is 14.8 Å². The average Bonchev–Trinajstić information content (AvgIpc) is 3.15. The van der Waals surface area contributed by atoms with Gasteiger partial charge in [0.2, 0.25) is 11.8 Å². The van der Waals surface area contributed by atoms with E-state index in [1.54, 1.807) is 46.3 Å². The highest BCUT2D eigenvalue weighted by Gasteiger charge is 2.32. The summed E-state index contributed by atoms with van der Waals surface area (Å²) in [6.45, 7) is 7.19.